The van der Waals surface area contributed by atoms with Crippen LogP contribution in [-0.4, -0.2) is 22.1 Å². The summed E-state index contributed by atoms with van der Waals surface area (Å²) in [6, 6.07) is 4.74. The van der Waals surface area contributed by atoms with Crippen molar-refractivity contribution in [1.29, 1.82) is 0 Å². The van der Waals surface area contributed by atoms with Gasteiger partial charge >= 0.3 is 11.9 Å². The molecule has 0 heterocycles. The molecule has 0 aliphatic heterocycles. The molecule has 0 radical (unpaired) electrons. The summed E-state index contributed by atoms with van der Waals surface area (Å²) in [7, 11) is 0. The van der Waals surface area contributed by atoms with Gasteiger partial charge in [-0.1, -0.05) is 18.2 Å². The monoisotopic (exact) mass is 230 g/mol. The summed E-state index contributed by atoms with van der Waals surface area (Å²) in [5, 5.41) is 17.8. The van der Waals surface area contributed by atoms with Gasteiger partial charge in [0.1, 0.15) is 0 Å². The molecule has 1 rings (SSSR count). The number of rotatable bonds is 3. The summed E-state index contributed by atoms with van der Waals surface area (Å²) in [6.45, 7) is 3.09. The Morgan fingerprint density at radius 2 is 1.75 bits per heavy atom. The highest BCUT2D eigenvalue weighted by Gasteiger charge is 2.48. The van der Waals surface area contributed by atoms with Crippen molar-refractivity contribution in [2.75, 3.05) is 0 Å². The fourth-order valence-electron chi connectivity index (χ4n) is 1.56. The highest BCUT2D eigenvalue weighted by molar-refractivity contribution is 5.76. The number of halogens is 2. The molecular weight excluding hydrogens is 218 g/mol. The van der Waals surface area contributed by atoms with Gasteiger partial charge in [-0.05, 0) is 30.5 Å². The van der Waals surface area contributed by atoms with Gasteiger partial charge in [0.25, 0.3) is 0 Å². The SMILES string of the molecule is Cc1cccc(C)c1C(O)C(F)(F)C(=O)O. The molecule has 0 aromatic heterocycles. The lowest BCUT2D eigenvalue weighted by molar-refractivity contribution is -0.183. The molecule has 0 spiro atoms. The molecule has 0 saturated carbocycles. The van der Waals surface area contributed by atoms with Crippen LogP contribution < -0.4 is 0 Å². The maximum atomic E-state index is 13.1. The van der Waals surface area contributed by atoms with Crippen LogP contribution in [0.25, 0.3) is 0 Å². The van der Waals surface area contributed by atoms with E-state index in [2.05, 4.69) is 0 Å². The highest BCUT2D eigenvalue weighted by atomic mass is 19.3. The number of alkyl halides is 2. The zero-order chi connectivity index (χ0) is 12.5. The summed E-state index contributed by atoms with van der Waals surface area (Å²) in [5.41, 5.74) is 0.844. The molecule has 2 N–H and O–H groups in total. The third-order valence-electron chi connectivity index (χ3n) is 2.44. The van der Waals surface area contributed by atoms with E-state index in [1.165, 1.54) is 0 Å². The van der Waals surface area contributed by atoms with Gasteiger partial charge < -0.3 is 10.2 Å². The van der Waals surface area contributed by atoms with Crippen molar-refractivity contribution in [3.05, 3.63) is 34.9 Å². The van der Waals surface area contributed by atoms with Crippen molar-refractivity contribution in [1.82, 2.24) is 0 Å². The Kier molecular flexibility index (Phi) is 3.28. The van der Waals surface area contributed by atoms with Crippen LogP contribution in [0.15, 0.2) is 18.2 Å². The first-order chi connectivity index (χ1) is 7.28. The second-order valence-corrected chi connectivity index (χ2v) is 3.64. The van der Waals surface area contributed by atoms with E-state index >= 15 is 0 Å². The molecule has 88 valence electrons. The Balaban J connectivity index is 3.24. The normalized spacial score (nSPS) is 13.6. The molecular formula is C11H12F2O3. The molecule has 16 heavy (non-hydrogen) atoms. The van der Waals surface area contributed by atoms with Gasteiger partial charge in [0, 0.05) is 0 Å². The van der Waals surface area contributed by atoms with E-state index in [9.17, 15) is 18.7 Å². The predicted molar refractivity (Wildman–Crippen MR) is 53.5 cm³/mol. The Hall–Kier alpha value is -1.49. The second kappa shape index (κ2) is 4.17. The number of aliphatic hydroxyl groups excluding tert-OH is 1. The smallest absolute Gasteiger partial charge is 0.377 e. The van der Waals surface area contributed by atoms with E-state index < -0.39 is 18.0 Å². The number of hydrogen-bond donors (Lipinski definition) is 2. The van der Waals surface area contributed by atoms with Crippen molar-refractivity contribution in [3.8, 4) is 0 Å². The quantitative estimate of drug-likeness (QED) is 0.835. The zero-order valence-electron chi connectivity index (χ0n) is 8.87. The van der Waals surface area contributed by atoms with Gasteiger partial charge in [-0.3, -0.25) is 0 Å². The van der Waals surface area contributed by atoms with Crippen LogP contribution >= 0.6 is 0 Å². The van der Waals surface area contributed by atoms with E-state index in [1.54, 1.807) is 32.0 Å². The summed E-state index contributed by atoms with van der Waals surface area (Å²) >= 11 is 0. The minimum Gasteiger partial charge on any atom is -0.477 e. The number of aliphatic carboxylic acids is 1. The Morgan fingerprint density at radius 3 is 2.12 bits per heavy atom. The first-order valence-corrected chi connectivity index (χ1v) is 4.64. The van der Waals surface area contributed by atoms with E-state index in [0.717, 1.165) is 0 Å². The van der Waals surface area contributed by atoms with E-state index in [4.69, 9.17) is 5.11 Å². The third-order valence-corrected chi connectivity index (χ3v) is 2.44. The number of carbonyl (C=O) groups is 1. The minimum atomic E-state index is -4.18. The van der Waals surface area contributed by atoms with Crippen LogP contribution in [0.3, 0.4) is 0 Å². The van der Waals surface area contributed by atoms with Gasteiger partial charge in [0.15, 0.2) is 6.10 Å². The predicted octanol–water partition coefficient (Wildman–Crippen LogP) is 2.06. The van der Waals surface area contributed by atoms with Crippen LogP contribution in [0.1, 0.15) is 22.8 Å². The lowest BCUT2D eigenvalue weighted by Crippen LogP contribution is -2.36. The first-order valence-electron chi connectivity index (χ1n) is 4.64. The summed E-state index contributed by atoms with van der Waals surface area (Å²) < 4.78 is 26.3. The number of aliphatic hydroxyl groups is 1. The topological polar surface area (TPSA) is 57.5 Å². The maximum absolute atomic E-state index is 13.1. The molecule has 1 aromatic carbocycles. The maximum Gasteiger partial charge on any atom is 0.377 e. The van der Waals surface area contributed by atoms with E-state index in [0.29, 0.717) is 11.1 Å². The highest BCUT2D eigenvalue weighted by Crippen LogP contribution is 2.34. The van der Waals surface area contributed by atoms with Crippen LogP contribution in [0.5, 0.6) is 0 Å². The molecule has 5 heteroatoms. The fraction of sp³-hybridized carbons (Fsp3) is 0.364. The average molecular weight is 230 g/mol. The van der Waals surface area contributed by atoms with Gasteiger partial charge in [0.2, 0.25) is 0 Å². The molecule has 0 aliphatic carbocycles. The average Bonchev–Trinajstić information content (AvgIpc) is 2.16. The molecule has 0 bridgehead atoms. The third kappa shape index (κ3) is 2.04. The lowest BCUT2D eigenvalue weighted by atomic mass is 9.94. The Bertz CT molecular complexity index is 395. The van der Waals surface area contributed by atoms with Crippen molar-refractivity contribution < 1.29 is 23.8 Å². The van der Waals surface area contributed by atoms with Crippen molar-refractivity contribution in [2.24, 2.45) is 0 Å². The van der Waals surface area contributed by atoms with Gasteiger partial charge in [-0.2, -0.15) is 8.78 Å². The second-order valence-electron chi connectivity index (χ2n) is 3.64. The molecule has 1 atom stereocenters. The van der Waals surface area contributed by atoms with E-state index in [-0.39, 0.29) is 5.56 Å². The first kappa shape index (κ1) is 12.6. The van der Waals surface area contributed by atoms with Gasteiger partial charge in [-0.15, -0.1) is 0 Å². The zero-order valence-corrected chi connectivity index (χ0v) is 8.87. The van der Waals surface area contributed by atoms with Crippen molar-refractivity contribution in [2.45, 2.75) is 25.9 Å². The summed E-state index contributed by atoms with van der Waals surface area (Å²) in [6.07, 6.45) is -2.33. The molecule has 1 unspecified atom stereocenters. The van der Waals surface area contributed by atoms with Crippen LogP contribution in [0.2, 0.25) is 0 Å². The van der Waals surface area contributed by atoms with Gasteiger partial charge in [0.05, 0.1) is 0 Å². The molecule has 0 saturated heterocycles. The van der Waals surface area contributed by atoms with Crippen molar-refractivity contribution >= 4 is 5.97 Å². The van der Waals surface area contributed by atoms with Crippen molar-refractivity contribution in [3.63, 3.8) is 0 Å². The summed E-state index contributed by atoms with van der Waals surface area (Å²) in [4.78, 5) is 10.3. The lowest BCUT2D eigenvalue weighted by Gasteiger charge is -2.21. The van der Waals surface area contributed by atoms with Crippen LogP contribution in [0.4, 0.5) is 8.78 Å². The number of aryl methyl sites for hydroxylation is 2. The number of carboxylic acids is 1. The minimum absolute atomic E-state index is 0.0325. The number of benzene rings is 1. The van der Waals surface area contributed by atoms with Crippen LogP contribution in [0, 0.1) is 13.8 Å². The van der Waals surface area contributed by atoms with E-state index in [1.807, 2.05) is 0 Å². The van der Waals surface area contributed by atoms with Gasteiger partial charge in [-0.25, -0.2) is 4.79 Å². The van der Waals surface area contributed by atoms with Crippen LogP contribution in [-0.2, 0) is 4.79 Å². The molecule has 0 fully saturated rings. The molecule has 3 nitrogen and oxygen atoms in total. The molecule has 0 aliphatic rings. The Morgan fingerprint density at radius 1 is 1.31 bits per heavy atom. The molecule has 1 aromatic rings. The largest absolute Gasteiger partial charge is 0.477 e. The number of carboxylic acid groups (broad SMARTS) is 1. The summed E-state index contributed by atoms with van der Waals surface area (Å²) in [5.74, 6) is -6.51. The standard InChI is InChI=1S/C11H12F2O3/c1-6-4-3-5-7(2)8(6)9(14)11(12,13)10(15)16/h3-5,9,14H,1-2H3,(H,15,16). The number of hydrogen-bond acceptors (Lipinski definition) is 2. The molecule has 0 amide bonds. The fourth-order valence-corrected chi connectivity index (χ4v) is 1.56. The Labute approximate surface area is 91.3 Å².